The minimum atomic E-state index is -4.38. The Hall–Kier alpha value is -3.60. The lowest BCUT2D eigenvalue weighted by Gasteiger charge is -2.09. The van der Waals surface area contributed by atoms with Crippen LogP contribution in [0.1, 0.15) is 33.8 Å². The minimum absolute atomic E-state index is 0.148. The molecule has 148 valence electrons. The molecule has 0 spiro atoms. The highest BCUT2D eigenvalue weighted by atomic mass is 19.4. The van der Waals surface area contributed by atoms with Crippen LogP contribution < -0.4 is 5.32 Å². The fraction of sp³-hybridized carbons (Fsp3) is 0.190. The smallest absolute Gasteiger partial charge is 0.412 e. The third-order valence-electron chi connectivity index (χ3n) is 4.10. The van der Waals surface area contributed by atoms with Gasteiger partial charge in [-0.1, -0.05) is 30.3 Å². The van der Waals surface area contributed by atoms with Gasteiger partial charge in [0, 0.05) is 18.5 Å². The first-order valence-corrected chi connectivity index (χ1v) is 8.68. The van der Waals surface area contributed by atoms with E-state index in [4.69, 9.17) is 10.8 Å². The number of nitrogens with zero attached hydrogens (tertiary/aromatic N) is 2. The highest BCUT2D eigenvalue weighted by Crippen LogP contribution is 2.30. The first kappa shape index (κ1) is 20.1. The maximum absolute atomic E-state index is 12.7. The van der Waals surface area contributed by atoms with E-state index in [0.29, 0.717) is 24.0 Å². The first-order valence-electron chi connectivity index (χ1n) is 8.68. The van der Waals surface area contributed by atoms with E-state index in [9.17, 15) is 18.0 Å². The van der Waals surface area contributed by atoms with Gasteiger partial charge in [0.15, 0.2) is 0 Å². The van der Waals surface area contributed by atoms with Gasteiger partial charge in [-0.2, -0.15) is 13.2 Å². The van der Waals surface area contributed by atoms with Crippen LogP contribution in [0.25, 0.3) is 11.5 Å². The molecule has 0 atom stereocenters. The van der Waals surface area contributed by atoms with Crippen molar-refractivity contribution in [2.24, 2.45) is 0 Å². The molecular formula is C21H16F3N3O2. The molecule has 0 aliphatic carbocycles. The number of carbonyl (C=O) groups excluding carboxylic acids is 1. The van der Waals surface area contributed by atoms with E-state index in [0.717, 1.165) is 17.7 Å². The van der Waals surface area contributed by atoms with Gasteiger partial charge in [0.2, 0.25) is 5.89 Å². The van der Waals surface area contributed by atoms with E-state index in [2.05, 4.69) is 21.4 Å². The fourth-order valence-electron chi connectivity index (χ4n) is 2.66. The highest BCUT2D eigenvalue weighted by Gasteiger charge is 2.30. The van der Waals surface area contributed by atoms with Gasteiger partial charge in [-0.25, -0.2) is 0 Å². The van der Waals surface area contributed by atoms with Crippen LogP contribution in [0, 0.1) is 12.3 Å². The lowest BCUT2D eigenvalue weighted by molar-refractivity contribution is -0.137. The van der Waals surface area contributed by atoms with Gasteiger partial charge in [0.05, 0.1) is 5.56 Å². The number of aromatic nitrogens is 2. The number of amides is 1. The molecular weight excluding hydrogens is 383 g/mol. The third kappa shape index (κ3) is 5.02. The van der Waals surface area contributed by atoms with E-state index >= 15 is 0 Å². The lowest BCUT2D eigenvalue weighted by atomic mass is 9.99. The summed E-state index contributed by atoms with van der Waals surface area (Å²) in [6.07, 6.45) is 1.50. The Labute approximate surface area is 165 Å². The van der Waals surface area contributed by atoms with E-state index in [1.54, 1.807) is 18.2 Å². The van der Waals surface area contributed by atoms with Crippen molar-refractivity contribution in [1.29, 1.82) is 0 Å². The summed E-state index contributed by atoms with van der Waals surface area (Å²) in [5, 5.41) is 10.2. The average molecular weight is 399 g/mol. The maximum Gasteiger partial charge on any atom is 0.416 e. The molecule has 0 aliphatic heterocycles. The Balaban J connectivity index is 1.79. The molecule has 0 fully saturated rings. The molecule has 3 rings (SSSR count). The Morgan fingerprint density at radius 2 is 1.83 bits per heavy atom. The summed E-state index contributed by atoms with van der Waals surface area (Å²) in [6.45, 7) is 0.289. The number of carbonyl (C=O) groups is 1. The predicted molar refractivity (Wildman–Crippen MR) is 99.8 cm³/mol. The predicted octanol–water partition coefficient (Wildman–Crippen LogP) is 4.10. The van der Waals surface area contributed by atoms with Crippen LogP contribution in [0.2, 0.25) is 0 Å². The normalized spacial score (nSPS) is 11.1. The van der Waals surface area contributed by atoms with Crippen molar-refractivity contribution < 1.29 is 22.4 Å². The van der Waals surface area contributed by atoms with Crippen LogP contribution >= 0.6 is 0 Å². The van der Waals surface area contributed by atoms with Gasteiger partial charge in [-0.3, -0.25) is 4.79 Å². The van der Waals surface area contributed by atoms with Crippen LogP contribution in [0.3, 0.4) is 0 Å². The SMILES string of the molecule is C#CCCNC(=O)c1nnc(-c2ccccc2Cc2ccc(C(F)(F)F)cc2)o1. The van der Waals surface area contributed by atoms with Crippen molar-refractivity contribution in [3.05, 3.63) is 71.1 Å². The topological polar surface area (TPSA) is 68.0 Å². The van der Waals surface area contributed by atoms with Crippen LogP contribution in [0.15, 0.2) is 52.9 Å². The summed E-state index contributed by atoms with van der Waals surface area (Å²) in [6, 6.07) is 12.1. The fourth-order valence-corrected chi connectivity index (χ4v) is 2.66. The van der Waals surface area contributed by atoms with Crippen LogP contribution in [0.5, 0.6) is 0 Å². The van der Waals surface area contributed by atoms with Gasteiger partial charge in [0.1, 0.15) is 0 Å². The molecule has 1 aromatic heterocycles. The van der Waals surface area contributed by atoms with Crippen molar-refractivity contribution in [3.63, 3.8) is 0 Å². The zero-order valence-corrected chi connectivity index (χ0v) is 15.2. The molecule has 8 heteroatoms. The third-order valence-corrected chi connectivity index (χ3v) is 4.10. The maximum atomic E-state index is 12.7. The number of nitrogens with one attached hydrogen (secondary N) is 1. The molecule has 0 unspecified atom stereocenters. The van der Waals surface area contributed by atoms with E-state index in [1.165, 1.54) is 12.1 Å². The highest BCUT2D eigenvalue weighted by molar-refractivity contribution is 5.89. The molecule has 3 aromatic rings. The zero-order chi connectivity index (χ0) is 20.9. The largest absolute Gasteiger partial charge is 0.416 e. The molecule has 1 heterocycles. The molecule has 0 saturated heterocycles. The van der Waals surface area contributed by atoms with E-state index in [1.807, 2.05) is 6.07 Å². The first-order chi connectivity index (χ1) is 13.9. The van der Waals surface area contributed by atoms with Gasteiger partial charge >= 0.3 is 18.0 Å². The Kier molecular flexibility index (Phi) is 5.98. The second-order valence-electron chi connectivity index (χ2n) is 6.15. The zero-order valence-electron chi connectivity index (χ0n) is 15.2. The molecule has 0 aliphatic rings. The average Bonchev–Trinajstić information content (AvgIpc) is 3.18. The minimum Gasteiger partial charge on any atom is -0.412 e. The monoisotopic (exact) mass is 399 g/mol. The number of terminal acetylenes is 1. The van der Waals surface area contributed by atoms with Crippen molar-refractivity contribution in [2.75, 3.05) is 6.54 Å². The van der Waals surface area contributed by atoms with Crippen molar-refractivity contribution >= 4 is 5.91 Å². The van der Waals surface area contributed by atoms with Crippen molar-refractivity contribution in [3.8, 4) is 23.8 Å². The lowest BCUT2D eigenvalue weighted by Crippen LogP contribution is -2.24. The van der Waals surface area contributed by atoms with Gasteiger partial charge in [0.25, 0.3) is 0 Å². The molecule has 0 saturated carbocycles. The summed E-state index contributed by atoms with van der Waals surface area (Å²) in [5.41, 5.74) is 1.36. The van der Waals surface area contributed by atoms with Crippen LogP contribution in [-0.4, -0.2) is 22.6 Å². The summed E-state index contributed by atoms with van der Waals surface area (Å²) in [7, 11) is 0. The van der Waals surface area contributed by atoms with Gasteiger partial charge in [-0.05, 0) is 35.7 Å². The molecule has 5 nitrogen and oxygen atoms in total. The van der Waals surface area contributed by atoms with Crippen molar-refractivity contribution in [1.82, 2.24) is 15.5 Å². The Bertz CT molecular complexity index is 1030. The van der Waals surface area contributed by atoms with Gasteiger partial charge in [-0.15, -0.1) is 22.5 Å². The number of benzene rings is 2. The number of alkyl halides is 3. The molecule has 1 N–H and O–H groups in total. The quantitative estimate of drug-likeness (QED) is 0.501. The summed E-state index contributed by atoms with van der Waals surface area (Å²) >= 11 is 0. The number of rotatable bonds is 6. The van der Waals surface area contributed by atoms with Gasteiger partial charge < -0.3 is 9.73 Å². The second-order valence-corrected chi connectivity index (χ2v) is 6.15. The Morgan fingerprint density at radius 1 is 1.10 bits per heavy atom. The number of halogens is 3. The van der Waals surface area contributed by atoms with Crippen LogP contribution in [-0.2, 0) is 12.6 Å². The molecule has 0 bridgehead atoms. The van der Waals surface area contributed by atoms with Crippen LogP contribution in [0.4, 0.5) is 13.2 Å². The summed E-state index contributed by atoms with van der Waals surface area (Å²) in [4.78, 5) is 12.0. The summed E-state index contributed by atoms with van der Waals surface area (Å²) < 4.78 is 43.7. The second kappa shape index (κ2) is 8.61. The molecule has 1 amide bonds. The van der Waals surface area contributed by atoms with E-state index in [-0.39, 0.29) is 18.3 Å². The molecule has 29 heavy (non-hydrogen) atoms. The molecule has 0 radical (unpaired) electrons. The number of hydrogen-bond acceptors (Lipinski definition) is 4. The summed E-state index contributed by atoms with van der Waals surface area (Å²) in [5.74, 6) is 1.83. The van der Waals surface area contributed by atoms with E-state index < -0.39 is 17.6 Å². The van der Waals surface area contributed by atoms with Crippen molar-refractivity contribution in [2.45, 2.75) is 19.0 Å². The molecule has 2 aromatic carbocycles. The standard InChI is InChI=1S/C21H16F3N3O2/c1-2-3-12-25-18(28)20-27-26-19(29-20)17-7-5-4-6-15(17)13-14-8-10-16(11-9-14)21(22,23)24/h1,4-11H,3,12-13H2,(H,25,28). The Morgan fingerprint density at radius 3 is 2.52 bits per heavy atom. The number of hydrogen-bond donors (Lipinski definition) is 1.